The third-order valence-corrected chi connectivity index (χ3v) is 5.85. The second-order valence-electron chi connectivity index (χ2n) is 7.21. The zero-order valence-corrected chi connectivity index (χ0v) is 14.3. The number of rotatable bonds is 4. The predicted octanol–water partition coefficient (Wildman–Crippen LogP) is 2.20. The number of ether oxygens (including phenoxy) is 1. The monoisotopic (exact) mass is 315 g/mol. The molecule has 1 N–H and O–H groups in total. The molecule has 3 aliphatic heterocycles. The third kappa shape index (κ3) is 3.12. The smallest absolute Gasteiger partial charge is 0.0594 e. The fraction of sp³-hybridized carbons (Fsp3) is 0.684. The molecule has 0 aromatic heterocycles. The van der Waals surface area contributed by atoms with E-state index in [1.807, 2.05) is 0 Å². The first-order valence-electron chi connectivity index (χ1n) is 9.24. The van der Waals surface area contributed by atoms with Gasteiger partial charge < -0.3 is 10.1 Å². The van der Waals surface area contributed by atoms with Gasteiger partial charge in [0.1, 0.15) is 0 Å². The number of para-hydroxylation sites is 1. The topological polar surface area (TPSA) is 27.7 Å². The molecular formula is C19H29N3O. The number of nitrogens with zero attached hydrogens (tertiary/aromatic N) is 2. The van der Waals surface area contributed by atoms with Crippen LogP contribution in [0.5, 0.6) is 0 Å². The maximum atomic E-state index is 5.54. The van der Waals surface area contributed by atoms with E-state index in [-0.39, 0.29) is 0 Å². The summed E-state index contributed by atoms with van der Waals surface area (Å²) < 4.78 is 5.54. The van der Waals surface area contributed by atoms with Gasteiger partial charge in [0.2, 0.25) is 0 Å². The highest BCUT2D eigenvalue weighted by Crippen LogP contribution is 2.31. The molecule has 0 radical (unpaired) electrons. The molecule has 4 heteroatoms. The number of anilines is 1. The van der Waals surface area contributed by atoms with Gasteiger partial charge in [-0.2, -0.15) is 0 Å². The Morgan fingerprint density at radius 2 is 2.09 bits per heavy atom. The molecule has 2 unspecified atom stereocenters. The highest BCUT2D eigenvalue weighted by Gasteiger charge is 2.36. The Hall–Kier alpha value is -1.10. The third-order valence-electron chi connectivity index (χ3n) is 5.85. The standard InChI is InChI=1S/C19H29N3O/c1-2-15-12-21(14-18(15)22-8-10-23-11-9-22)13-17-5-3-4-16-6-7-20-19(16)17/h3-5,15,18,20H,2,6-14H2,1H3. The Bertz CT molecular complexity index is 541. The van der Waals surface area contributed by atoms with Crippen LogP contribution in [-0.2, 0) is 17.7 Å². The fourth-order valence-corrected chi connectivity index (χ4v) is 4.58. The summed E-state index contributed by atoms with van der Waals surface area (Å²) in [6, 6.07) is 7.52. The van der Waals surface area contributed by atoms with Crippen LogP contribution in [-0.4, -0.2) is 61.8 Å². The number of nitrogens with one attached hydrogen (secondary N) is 1. The summed E-state index contributed by atoms with van der Waals surface area (Å²) in [6.45, 7) is 11.0. The number of benzene rings is 1. The quantitative estimate of drug-likeness (QED) is 0.922. The van der Waals surface area contributed by atoms with Gasteiger partial charge in [0, 0.05) is 51.0 Å². The van der Waals surface area contributed by atoms with E-state index < -0.39 is 0 Å². The van der Waals surface area contributed by atoms with E-state index >= 15 is 0 Å². The number of fused-ring (bicyclic) bond motifs is 1. The molecule has 1 aromatic carbocycles. The number of likely N-dealkylation sites (tertiary alicyclic amines) is 1. The lowest BCUT2D eigenvalue weighted by atomic mass is 9.99. The summed E-state index contributed by atoms with van der Waals surface area (Å²) >= 11 is 0. The molecule has 2 atom stereocenters. The summed E-state index contributed by atoms with van der Waals surface area (Å²) in [5.41, 5.74) is 4.39. The molecule has 4 nitrogen and oxygen atoms in total. The van der Waals surface area contributed by atoms with E-state index in [0.717, 1.165) is 45.3 Å². The van der Waals surface area contributed by atoms with Crippen molar-refractivity contribution in [2.45, 2.75) is 32.4 Å². The van der Waals surface area contributed by atoms with Crippen LogP contribution in [0.2, 0.25) is 0 Å². The van der Waals surface area contributed by atoms with E-state index in [9.17, 15) is 0 Å². The van der Waals surface area contributed by atoms with Gasteiger partial charge in [-0.1, -0.05) is 31.5 Å². The number of morpholine rings is 1. The van der Waals surface area contributed by atoms with Crippen molar-refractivity contribution in [1.82, 2.24) is 9.80 Å². The fourth-order valence-electron chi connectivity index (χ4n) is 4.58. The largest absolute Gasteiger partial charge is 0.384 e. The molecule has 0 aliphatic carbocycles. The second-order valence-corrected chi connectivity index (χ2v) is 7.21. The van der Waals surface area contributed by atoms with Crippen LogP contribution >= 0.6 is 0 Å². The molecule has 3 heterocycles. The molecule has 0 amide bonds. The summed E-state index contributed by atoms with van der Waals surface area (Å²) in [7, 11) is 0. The molecule has 2 saturated heterocycles. The van der Waals surface area contributed by atoms with Gasteiger partial charge >= 0.3 is 0 Å². The first-order valence-corrected chi connectivity index (χ1v) is 9.24. The van der Waals surface area contributed by atoms with Crippen molar-refractivity contribution in [2.24, 2.45) is 5.92 Å². The van der Waals surface area contributed by atoms with Crippen LogP contribution < -0.4 is 5.32 Å². The highest BCUT2D eigenvalue weighted by molar-refractivity contribution is 5.61. The zero-order valence-electron chi connectivity index (χ0n) is 14.3. The molecule has 1 aromatic rings. The number of hydrogen-bond acceptors (Lipinski definition) is 4. The van der Waals surface area contributed by atoms with E-state index in [4.69, 9.17) is 4.74 Å². The average Bonchev–Trinajstić information content (AvgIpc) is 3.22. The van der Waals surface area contributed by atoms with Gasteiger partial charge in [0.25, 0.3) is 0 Å². The molecular weight excluding hydrogens is 286 g/mol. The van der Waals surface area contributed by atoms with Crippen molar-refractivity contribution in [3.8, 4) is 0 Å². The van der Waals surface area contributed by atoms with Crippen molar-refractivity contribution < 1.29 is 4.74 Å². The van der Waals surface area contributed by atoms with Gasteiger partial charge in [-0.05, 0) is 23.5 Å². The van der Waals surface area contributed by atoms with Gasteiger partial charge in [-0.3, -0.25) is 9.80 Å². The zero-order chi connectivity index (χ0) is 15.6. The summed E-state index contributed by atoms with van der Waals surface area (Å²) in [5.74, 6) is 0.804. The molecule has 0 bridgehead atoms. The Morgan fingerprint density at radius 1 is 1.22 bits per heavy atom. The van der Waals surface area contributed by atoms with Crippen LogP contribution in [0.4, 0.5) is 5.69 Å². The van der Waals surface area contributed by atoms with Crippen LogP contribution in [0.25, 0.3) is 0 Å². The summed E-state index contributed by atoms with van der Waals surface area (Å²) in [6.07, 6.45) is 2.46. The Balaban J connectivity index is 1.45. The van der Waals surface area contributed by atoms with Crippen molar-refractivity contribution in [2.75, 3.05) is 51.3 Å². The Morgan fingerprint density at radius 3 is 2.91 bits per heavy atom. The van der Waals surface area contributed by atoms with Crippen LogP contribution in [0.15, 0.2) is 18.2 Å². The molecule has 4 rings (SSSR count). The minimum absolute atomic E-state index is 0.716. The first kappa shape index (κ1) is 15.4. The lowest BCUT2D eigenvalue weighted by molar-refractivity contribution is 0.0101. The van der Waals surface area contributed by atoms with Gasteiger partial charge in [-0.25, -0.2) is 0 Å². The lowest BCUT2D eigenvalue weighted by Gasteiger charge is -2.34. The molecule has 126 valence electrons. The van der Waals surface area contributed by atoms with E-state index in [1.54, 1.807) is 0 Å². The summed E-state index contributed by atoms with van der Waals surface area (Å²) in [5, 5.41) is 3.59. The Labute approximate surface area is 139 Å². The minimum atomic E-state index is 0.716. The molecule has 3 aliphatic rings. The van der Waals surface area contributed by atoms with Crippen LogP contribution in [0.3, 0.4) is 0 Å². The lowest BCUT2D eigenvalue weighted by Crippen LogP contribution is -2.47. The molecule has 0 spiro atoms. The van der Waals surface area contributed by atoms with Crippen molar-refractivity contribution in [1.29, 1.82) is 0 Å². The van der Waals surface area contributed by atoms with E-state index in [1.165, 1.54) is 42.7 Å². The van der Waals surface area contributed by atoms with Crippen molar-refractivity contribution in [3.63, 3.8) is 0 Å². The normalized spacial score (nSPS) is 28.7. The highest BCUT2D eigenvalue weighted by atomic mass is 16.5. The molecule has 2 fully saturated rings. The van der Waals surface area contributed by atoms with Gasteiger partial charge in [0.05, 0.1) is 13.2 Å². The molecule has 23 heavy (non-hydrogen) atoms. The Kier molecular flexibility index (Phi) is 4.56. The second kappa shape index (κ2) is 6.80. The predicted molar refractivity (Wildman–Crippen MR) is 93.9 cm³/mol. The minimum Gasteiger partial charge on any atom is -0.384 e. The maximum Gasteiger partial charge on any atom is 0.0594 e. The van der Waals surface area contributed by atoms with E-state index in [0.29, 0.717) is 6.04 Å². The van der Waals surface area contributed by atoms with Crippen molar-refractivity contribution >= 4 is 5.69 Å². The van der Waals surface area contributed by atoms with Gasteiger partial charge in [0.15, 0.2) is 0 Å². The summed E-state index contributed by atoms with van der Waals surface area (Å²) in [4.78, 5) is 5.34. The maximum absolute atomic E-state index is 5.54. The number of hydrogen-bond donors (Lipinski definition) is 1. The SMILES string of the molecule is CCC1CN(Cc2cccc3c2NCC3)CC1N1CCOCC1. The van der Waals surface area contributed by atoms with Crippen LogP contribution in [0.1, 0.15) is 24.5 Å². The average molecular weight is 315 g/mol. The van der Waals surface area contributed by atoms with Crippen LogP contribution in [0, 0.1) is 5.92 Å². The first-order chi connectivity index (χ1) is 11.3. The van der Waals surface area contributed by atoms with Crippen molar-refractivity contribution in [3.05, 3.63) is 29.3 Å². The molecule has 0 saturated carbocycles. The van der Waals surface area contributed by atoms with E-state index in [2.05, 4.69) is 40.2 Å². The van der Waals surface area contributed by atoms with Gasteiger partial charge in [-0.15, -0.1) is 0 Å².